The lowest BCUT2D eigenvalue weighted by Gasteiger charge is -2.32. The normalized spacial score (nSPS) is 22.1. The van der Waals surface area contributed by atoms with Gasteiger partial charge in [0.2, 0.25) is 17.2 Å². The number of rotatable bonds is 8. The van der Waals surface area contributed by atoms with Crippen LogP contribution in [0, 0.1) is 5.92 Å². The van der Waals surface area contributed by atoms with Crippen LogP contribution in [0.3, 0.4) is 0 Å². The maximum atomic E-state index is 13.1. The van der Waals surface area contributed by atoms with Gasteiger partial charge >= 0.3 is 11.9 Å². The highest BCUT2D eigenvalue weighted by molar-refractivity contribution is 6.49. The van der Waals surface area contributed by atoms with E-state index in [9.17, 15) is 19.2 Å². The van der Waals surface area contributed by atoms with Crippen molar-refractivity contribution in [2.24, 2.45) is 5.92 Å². The molecule has 0 amide bonds. The summed E-state index contributed by atoms with van der Waals surface area (Å²) < 4.78 is 15.3. The molecule has 0 unspecified atom stereocenters. The molecular formula is C26H29ClO7. The smallest absolute Gasteiger partial charge is 0.330 e. The Labute approximate surface area is 204 Å². The van der Waals surface area contributed by atoms with Crippen molar-refractivity contribution >= 4 is 35.1 Å². The highest BCUT2D eigenvalue weighted by Gasteiger charge is 2.52. The Kier molecular flexibility index (Phi) is 8.99. The zero-order chi connectivity index (χ0) is 25.6. The Morgan fingerprint density at radius 1 is 1.24 bits per heavy atom. The van der Waals surface area contributed by atoms with Crippen molar-refractivity contribution in [1.29, 1.82) is 0 Å². The van der Waals surface area contributed by atoms with Crippen LogP contribution in [0.15, 0.2) is 69.7 Å². The SMILES string of the molecule is CC[C@H](C)/C=C(C)/C=C/C1=CC2=C(Cl)C(=O)[C@@](C)(OC(=O)C/C(C)=C\C(=O)OC)C(=O)C2=CO1. The first-order chi connectivity index (χ1) is 15.9. The molecule has 0 N–H and O–H groups in total. The molecule has 0 saturated carbocycles. The average molecular weight is 489 g/mol. The van der Waals surface area contributed by atoms with Crippen molar-refractivity contribution < 1.29 is 33.4 Å². The van der Waals surface area contributed by atoms with Gasteiger partial charge < -0.3 is 14.2 Å². The summed E-state index contributed by atoms with van der Waals surface area (Å²) >= 11 is 6.32. The highest BCUT2D eigenvalue weighted by atomic mass is 35.5. The molecule has 2 aliphatic rings. The van der Waals surface area contributed by atoms with Gasteiger partial charge in [0, 0.05) is 11.6 Å². The summed E-state index contributed by atoms with van der Waals surface area (Å²) in [5.41, 5.74) is -0.515. The third-order valence-corrected chi connectivity index (χ3v) is 5.82. The fraction of sp³-hybridized carbons (Fsp3) is 0.385. The lowest BCUT2D eigenvalue weighted by molar-refractivity contribution is -0.168. The summed E-state index contributed by atoms with van der Waals surface area (Å²) in [6.45, 7) is 8.90. The molecule has 0 radical (unpaired) electrons. The molecule has 0 spiro atoms. The van der Waals surface area contributed by atoms with E-state index in [1.54, 1.807) is 6.08 Å². The van der Waals surface area contributed by atoms with Gasteiger partial charge in [0.1, 0.15) is 12.0 Å². The quantitative estimate of drug-likeness (QED) is 0.210. The Morgan fingerprint density at radius 3 is 2.53 bits per heavy atom. The van der Waals surface area contributed by atoms with Crippen molar-refractivity contribution in [2.45, 2.75) is 53.1 Å². The molecule has 1 aliphatic heterocycles. The monoisotopic (exact) mass is 488 g/mol. The van der Waals surface area contributed by atoms with Gasteiger partial charge in [-0.05, 0) is 38.8 Å². The number of carbonyl (C=O) groups excluding carboxylic acids is 4. The molecule has 2 rings (SSSR count). The number of Topliss-reactive ketones (excluding diaryl/α,β-unsaturated/α-hetero) is 2. The van der Waals surface area contributed by atoms with Crippen LogP contribution in [0.25, 0.3) is 0 Å². The summed E-state index contributed by atoms with van der Waals surface area (Å²) in [5.74, 6) is -2.24. The van der Waals surface area contributed by atoms with Crippen LogP contribution < -0.4 is 0 Å². The molecule has 8 heteroatoms. The Bertz CT molecular complexity index is 1080. The highest BCUT2D eigenvalue weighted by Crippen LogP contribution is 2.39. The molecule has 0 fully saturated rings. The van der Waals surface area contributed by atoms with Gasteiger partial charge in [0.25, 0.3) is 0 Å². The van der Waals surface area contributed by atoms with Gasteiger partial charge in [0.05, 0.1) is 24.1 Å². The fourth-order valence-corrected chi connectivity index (χ4v) is 3.65. The molecule has 7 nitrogen and oxygen atoms in total. The zero-order valence-corrected chi connectivity index (χ0v) is 20.9. The number of carbonyl (C=O) groups is 4. The summed E-state index contributed by atoms with van der Waals surface area (Å²) in [6.07, 6.45) is 10.3. The number of hydrogen-bond acceptors (Lipinski definition) is 7. The summed E-state index contributed by atoms with van der Waals surface area (Å²) in [7, 11) is 1.21. The maximum absolute atomic E-state index is 13.1. The first kappa shape index (κ1) is 27.1. The molecule has 0 bridgehead atoms. The minimum absolute atomic E-state index is 0.0331. The van der Waals surface area contributed by atoms with Crippen molar-refractivity contribution in [3.05, 3.63) is 69.7 Å². The molecule has 0 saturated heterocycles. The van der Waals surface area contributed by atoms with Crippen molar-refractivity contribution in [3.8, 4) is 0 Å². The second-order valence-corrected chi connectivity index (χ2v) is 8.79. The molecule has 34 heavy (non-hydrogen) atoms. The van der Waals surface area contributed by atoms with E-state index >= 15 is 0 Å². The largest absolute Gasteiger partial charge is 0.466 e. The number of methoxy groups -OCH3 is 1. The maximum Gasteiger partial charge on any atom is 0.330 e. The Morgan fingerprint density at radius 2 is 1.91 bits per heavy atom. The van der Waals surface area contributed by atoms with E-state index in [1.807, 2.05) is 13.0 Å². The number of hydrogen-bond donors (Lipinski definition) is 0. The number of halogens is 1. The molecule has 0 aromatic heterocycles. The van der Waals surface area contributed by atoms with E-state index in [-0.39, 0.29) is 22.6 Å². The predicted octanol–water partition coefficient (Wildman–Crippen LogP) is 4.79. The van der Waals surface area contributed by atoms with Crippen LogP contribution in [-0.2, 0) is 33.4 Å². The predicted molar refractivity (Wildman–Crippen MR) is 127 cm³/mol. The summed E-state index contributed by atoms with van der Waals surface area (Å²) in [6, 6.07) is 0. The van der Waals surface area contributed by atoms with Gasteiger partial charge in [-0.25, -0.2) is 4.79 Å². The van der Waals surface area contributed by atoms with E-state index in [4.69, 9.17) is 21.1 Å². The third kappa shape index (κ3) is 6.23. The summed E-state index contributed by atoms with van der Waals surface area (Å²) in [5, 5.41) is -0.232. The Hall–Kier alpha value is -3.19. The standard InChI is InChI=1S/C26H29ClO7/c1-7-15(2)10-16(3)8-9-18-13-19-20(14-33-18)24(30)26(5,25(31)23(19)27)34-22(29)12-17(4)11-21(28)32-6/h8-11,13-15H,7,12H2,1-6H3/b9-8+,16-10+,17-11-/t15-,26-/m0/s1. The fourth-order valence-electron chi connectivity index (χ4n) is 3.31. The zero-order valence-electron chi connectivity index (χ0n) is 20.2. The van der Waals surface area contributed by atoms with Crippen molar-refractivity contribution in [3.63, 3.8) is 0 Å². The molecule has 0 aromatic rings. The molecule has 1 aliphatic carbocycles. The second-order valence-electron chi connectivity index (χ2n) is 8.41. The molecule has 0 aromatic carbocycles. The van der Waals surface area contributed by atoms with Crippen LogP contribution in [-0.4, -0.2) is 36.2 Å². The van der Waals surface area contributed by atoms with E-state index in [0.717, 1.165) is 18.1 Å². The number of fused-ring (bicyclic) bond motifs is 1. The average Bonchev–Trinajstić information content (AvgIpc) is 2.79. The minimum atomic E-state index is -2.14. The lowest BCUT2D eigenvalue weighted by atomic mass is 9.80. The molecule has 2 atom stereocenters. The van der Waals surface area contributed by atoms with E-state index in [0.29, 0.717) is 17.3 Å². The van der Waals surface area contributed by atoms with Gasteiger partial charge in [-0.15, -0.1) is 0 Å². The molecule has 182 valence electrons. The lowest BCUT2D eigenvalue weighted by Crippen LogP contribution is -2.51. The van der Waals surface area contributed by atoms with E-state index in [2.05, 4.69) is 24.7 Å². The van der Waals surface area contributed by atoms with E-state index in [1.165, 1.54) is 33.3 Å². The minimum Gasteiger partial charge on any atom is -0.466 e. The first-order valence-corrected chi connectivity index (χ1v) is 11.2. The van der Waals surface area contributed by atoms with Gasteiger partial charge in [-0.3, -0.25) is 14.4 Å². The van der Waals surface area contributed by atoms with Gasteiger partial charge in [-0.1, -0.05) is 55.2 Å². The first-order valence-electron chi connectivity index (χ1n) is 10.8. The number of esters is 2. The van der Waals surface area contributed by atoms with Crippen LogP contribution in [0.2, 0.25) is 0 Å². The molecule has 1 heterocycles. The number of ether oxygens (including phenoxy) is 3. The van der Waals surface area contributed by atoms with Crippen molar-refractivity contribution in [1.82, 2.24) is 0 Å². The number of allylic oxidation sites excluding steroid dienone is 6. The van der Waals surface area contributed by atoms with Crippen LogP contribution in [0.1, 0.15) is 47.5 Å². The topological polar surface area (TPSA) is 96.0 Å². The van der Waals surface area contributed by atoms with Crippen LogP contribution in [0.4, 0.5) is 0 Å². The van der Waals surface area contributed by atoms with Crippen LogP contribution >= 0.6 is 11.6 Å². The van der Waals surface area contributed by atoms with Gasteiger partial charge in [-0.2, -0.15) is 0 Å². The Balaban J connectivity index is 2.27. The van der Waals surface area contributed by atoms with Gasteiger partial charge in [0.15, 0.2) is 0 Å². The second kappa shape index (κ2) is 11.3. The van der Waals surface area contributed by atoms with Crippen LogP contribution in [0.5, 0.6) is 0 Å². The third-order valence-electron chi connectivity index (χ3n) is 5.45. The number of ketones is 2. The van der Waals surface area contributed by atoms with Crippen molar-refractivity contribution in [2.75, 3.05) is 7.11 Å². The summed E-state index contributed by atoms with van der Waals surface area (Å²) in [4.78, 5) is 49.8. The molecular weight excluding hydrogens is 460 g/mol. The van der Waals surface area contributed by atoms with E-state index < -0.39 is 29.1 Å².